The molecule has 56 heavy (non-hydrogen) atoms. The summed E-state index contributed by atoms with van der Waals surface area (Å²) < 4.78 is 23.9. The van der Waals surface area contributed by atoms with Gasteiger partial charge in [-0.25, -0.2) is 4.89 Å². The number of aliphatic hydroxyl groups excluding tert-OH is 8. The van der Waals surface area contributed by atoms with Crippen molar-refractivity contribution in [1.82, 2.24) is 0 Å². The minimum atomic E-state index is -1.94. The SMILES string of the molecule is CC(C)(/C=C/C[C@](C)(O[C@@H]1O[C@H](CO[C@@H]2OC[C@](O)(CO)[C@H]2O)[C@H](O)[C@H](O)[C@H]1O)[C@H]1CC[C@]2(C)[C@@H]1[C@H](O)C[C@@H]1[C@@]3(C)CC[C@H](O)C(C)(C)[C@@H]3[C@@H](O)C[C@]12C)OO. The number of ether oxygens (including phenoxy) is 4. The van der Waals surface area contributed by atoms with Crippen LogP contribution < -0.4 is 0 Å². The molecule has 0 spiro atoms. The zero-order valence-corrected chi connectivity index (χ0v) is 34.3. The predicted molar refractivity (Wildman–Crippen MR) is 199 cm³/mol. The first kappa shape index (κ1) is 44.7. The lowest BCUT2D eigenvalue weighted by Crippen LogP contribution is -2.70. The summed E-state index contributed by atoms with van der Waals surface area (Å²) >= 11 is 0. The van der Waals surface area contributed by atoms with Crippen molar-refractivity contribution < 1.29 is 75.1 Å². The lowest BCUT2D eigenvalue weighted by molar-refractivity contribution is -0.340. The molecule has 0 aromatic carbocycles. The second-order valence-corrected chi connectivity index (χ2v) is 20.5. The molecule has 0 aromatic rings. The van der Waals surface area contributed by atoms with Crippen molar-refractivity contribution in [1.29, 1.82) is 0 Å². The average Bonchev–Trinajstić information content (AvgIpc) is 3.65. The second-order valence-electron chi connectivity index (χ2n) is 20.5. The van der Waals surface area contributed by atoms with E-state index >= 15 is 0 Å². The van der Waals surface area contributed by atoms with Gasteiger partial charge in [-0.2, -0.15) is 0 Å². The topological polar surface area (TPSA) is 248 Å². The zero-order valence-electron chi connectivity index (χ0n) is 34.3. The van der Waals surface area contributed by atoms with Crippen LogP contribution in [0.1, 0.15) is 100 Å². The summed E-state index contributed by atoms with van der Waals surface area (Å²) in [6.45, 7) is 14.5. The highest BCUT2D eigenvalue weighted by Crippen LogP contribution is 2.76. The van der Waals surface area contributed by atoms with Crippen molar-refractivity contribution >= 4 is 0 Å². The van der Waals surface area contributed by atoms with E-state index in [1.54, 1.807) is 26.0 Å². The average molecular weight is 803 g/mol. The minimum Gasteiger partial charge on any atom is -0.393 e. The van der Waals surface area contributed by atoms with Gasteiger partial charge in [0, 0.05) is 0 Å². The summed E-state index contributed by atoms with van der Waals surface area (Å²) in [5, 5.41) is 109. The lowest BCUT2D eigenvalue weighted by atomic mass is 9.34. The summed E-state index contributed by atoms with van der Waals surface area (Å²) in [5.41, 5.74) is -5.85. The molecule has 0 unspecified atom stereocenters. The van der Waals surface area contributed by atoms with Crippen LogP contribution in [-0.4, -0.2) is 149 Å². The largest absolute Gasteiger partial charge is 0.393 e. The van der Waals surface area contributed by atoms with Crippen molar-refractivity contribution in [3.05, 3.63) is 12.2 Å². The molecular weight excluding hydrogens is 732 g/mol. The number of aliphatic hydroxyl groups is 9. The van der Waals surface area contributed by atoms with Crippen LogP contribution in [-0.2, 0) is 23.8 Å². The number of rotatable bonds is 11. The van der Waals surface area contributed by atoms with Gasteiger partial charge in [-0.15, -0.1) is 0 Å². The molecule has 19 atom stereocenters. The molecule has 2 saturated heterocycles. The summed E-state index contributed by atoms with van der Waals surface area (Å²) in [6.07, 6.45) is -5.29. The first-order valence-corrected chi connectivity index (χ1v) is 20.5. The van der Waals surface area contributed by atoms with Gasteiger partial charge < -0.3 is 64.9 Å². The fourth-order valence-electron chi connectivity index (χ4n) is 13.1. The highest BCUT2D eigenvalue weighted by Gasteiger charge is 2.73. The highest BCUT2D eigenvalue weighted by molar-refractivity contribution is 5.22. The van der Waals surface area contributed by atoms with E-state index in [0.717, 1.165) is 12.8 Å². The molecule has 6 fully saturated rings. The van der Waals surface area contributed by atoms with Crippen LogP contribution in [0.3, 0.4) is 0 Å². The van der Waals surface area contributed by atoms with Crippen molar-refractivity contribution in [2.45, 2.75) is 179 Å². The third-order valence-electron chi connectivity index (χ3n) is 16.4. The quantitative estimate of drug-likeness (QED) is 0.0802. The van der Waals surface area contributed by atoms with Crippen LogP contribution >= 0.6 is 0 Å². The maximum Gasteiger partial charge on any atom is 0.187 e. The van der Waals surface area contributed by atoms with Gasteiger partial charge in [-0.3, -0.25) is 5.26 Å². The van der Waals surface area contributed by atoms with Gasteiger partial charge in [-0.05, 0) is 111 Å². The second kappa shape index (κ2) is 15.2. The summed E-state index contributed by atoms with van der Waals surface area (Å²) in [7, 11) is 0. The Hall–Kier alpha value is -0.860. The van der Waals surface area contributed by atoms with E-state index in [2.05, 4.69) is 39.5 Å². The van der Waals surface area contributed by atoms with Gasteiger partial charge in [0.2, 0.25) is 0 Å². The Kier molecular flexibility index (Phi) is 12.2. The normalized spacial score (nSPS) is 51.7. The Balaban J connectivity index is 1.30. The summed E-state index contributed by atoms with van der Waals surface area (Å²) in [5.74, 6) is -0.731. The van der Waals surface area contributed by atoms with Crippen LogP contribution in [0.2, 0.25) is 0 Å². The molecule has 6 rings (SSSR count). The van der Waals surface area contributed by atoms with Gasteiger partial charge in [0.1, 0.15) is 41.7 Å². The Bertz CT molecular complexity index is 1430. The first-order chi connectivity index (χ1) is 25.9. The van der Waals surface area contributed by atoms with E-state index in [1.165, 1.54) is 0 Å². The number of hydrogen-bond acceptors (Lipinski definition) is 15. The first-order valence-electron chi connectivity index (χ1n) is 20.5. The monoisotopic (exact) mass is 802 g/mol. The molecule has 2 aliphatic heterocycles. The molecule has 2 heterocycles. The third kappa shape index (κ3) is 7.05. The number of hydrogen-bond donors (Lipinski definition) is 10. The van der Waals surface area contributed by atoms with Gasteiger partial charge in [0.15, 0.2) is 12.6 Å². The molecule has 324 valence electrons. The van der Waals surface area contributed by atoms with Crippen molar-refractivity contribution in [2.75, 3.05) is 19.8 Å². The van der Waals surface area contributed by atoms with Crippen LogP contribution in [0, 0.1) is 45.3 Å². The third-order valence-corrected chi connectivity index (χ3v) is 16.4. The van der Waals surface area contributed by atoms with Gasteiger partial charge in [-0.1, -0.05) is 46.8 Å². The van der Waals surface area contributed by atoms with E-state index in [1.807, 2.05) is 6.92 Å². The predicted octanol–water partition coefficient (Wildman–Crippen LogP) is 1.23. The molecule has 6 aliphatic rings. The van der Waals surface area contributed by atoms with Crippen LogP contribution in [0.5, 0.6) is 0 Å². The number of fused-ring (bicyclic) bond motifs is 5. The van der Waals surface area contributed by atoms with Crippen LogP contribution in [0.4, 0.5) is 0 Å². The van der Waals surface area contributed by atoms with Crippen molar-refractivity contribution in [2.24, 2.45) is 45.3 Å². The fourth-order valence-corrected chi connectivity index (χ4v) is 13.1. The molecule has 4 aliphatic carbocycles. The minimum absolute atomic E-state index is 0.0661. The zero-order chi connectivity index (χ0) is 41.6. The molecular formula is C41H70O15. The molecule has 4 saturated carbocycles. The molecule has 0 aromatic heterocycles. The molecule has 10 N–H and O–H groups in total. The Labute approximate surface area is 330 Å². The van der Waals surface area contributed by atoms with Gasteiger partial charge in [0.25, 0.3) is 0 Å². The van der Waals surface area contributed by atoms with Crippen molar-refractivity contribution in [3.63, 3.8) is 0 Å². The standard InChI is InChI=1S/C41H70O15/c1-35(2,56-51)12-9-13-40(8,55-33-30(48)29(47)28(46)24(54-33)18-52-34-32(49)41(50,19-42)20-53-34)21-10-15-38(6)27(21)22(43)16-25-37(5)14-11-26(45)36(3,4)31(37)23(44)17-39(25,38)7/h9,12,21-34,42-51H,10-11,13-20H2,1-8H3/b12-9+/t21-,22+,23-,24+,25+,26-,27-,28-,29-,30+,31-,32-,33-,34+,37+,38+,39+,40-,41+/m0/s1. The van der Waals surface area contributed by atoms with E-state index < -0.39 is 114 Å². The smallest absolute Gasteiger partial charge is 0.187 e. The summed E-state index contributed by atoms with van der Waals surface area (Å²) in [6, 6.07) is 0. The Morgan fingerprint density at radius 3 is 2.14 bits per heavy atom. The Morgan fingerprint density at radius 1 is 0.839 bits per heavy atom. The molecule has 0 radical (unpaired) electrons. The van der Waals surface area contributed by atoms with Crippen molar-refractivity contribution in [3.8, 4) is 0 Å². The van der Waals surface area contributed by atoms with Crippen LogP contribution in [0.25, 0.3) is 0 Å². The maximum absolute atomic E-state index is 12.4. The van der Waals surface area contributed by atoms with E-state index in [9.17, 15) is 51.2 Å². The van der Waals surface area contributed by atoms with E-state index in [0.29, 0.717) is 25.7 Å². The maximum atomic E-state index is 12.4. The van der Waals surface area contributed by atoms with Crippen LogP contribution in [0.15, 0.2) is 12.2 Å². The Morgan fingerprint density at radius 2 is 1.52 bits per heavy atom. The van der Waals surface area contributed by atoms with Gasteiger partial charge >= 0.3 is 0 Å². The lowest BCUT2D eigenvalue weighted by Gasteiger charge is -2.71. The molecule has 15 heteroatoms. The van der Waals surface area contributed by atoms with Gasteiger partial charge in [0.05, 0.1) is 43.7 Å². The van der Waals surface area contributed by atoms with E-state index in [4.69, 9.17) is 18.9 Å². The molecule has 0 bridgehead atoms. The molecule has 15 nitrogen and oxygen atoms in total. The molecule has 0 amide bonds. The summed E-state index contributed by atoms with van der Waals surface area (Å²) in [4.78, 5) is 4.65. The fraction of sp³-hybridized carbons (Fsp3) is 0.951. The highest BCUT2D eigenvalue weighted by atomic mass is 17.1. The van der Waals surface area contributed by atoms with E-state index in [-0.39, 0.29) is 35.5 Å².